The third-order valence-electron chi connectivity index (χ3n) is 3.25. The van der Waals surface area contributed by atoms with Crippen molar-refractivity contribution < 1.29 is 4.79 Å². The maximum Gasteiger partial charge on any atom is 0.276 e. The van der Waals surface area contributed by atoms with Crippen molar-refractivity contribution in [3.63, 3.8) is 0 Å². The van der Waals surface area contributed by atoms with Crippen molar-refractivity contribution in [3.05, 3.63) is 78.0 Å². The summed E-state index contributed by atoms with van der Waals surface area (Å²) in [5.74, 6) is 0.302. The SMILES string of the molecule is Cc1ccc(NC(=O)c2ccc(Nc3ccccc3)nn2)cc1. The summed E-state index contributed by atoms with van der Waals surface area (Å²) in [4.78, 5) is 12.1. The molecule has 3 aromatic rings. The van der Waals surface area contributed by atoms with Gasteiger partial charge in [0.2, 0.25) is 0 Å². The first-order valence-corrected chi connectivity index (χ1v) is 7.24. The van der Waals surface area contributed by atoms with Crippen LogP contribution in [0.5, 0.6) is 0 Å². The number of rotatable bonds is 4. The van der Waals surface area contributed by atoms with Gasteiger partial charge in [-0.1, -0.05) is 35.9 Å². The number of nitrogens with zero attached hydrogens (tertiary/aromatic N) is 2. The van der Waals surface area contributed by atoms with Crippen molar-refractivity contribution in [3.8, 4) is 0 Å². The van der Waals surface area contributed by atoms with Crippen LogP contribution in [0.3, 0.4) is 0 Å². The highest BCUT2D eigenvalue weighted by atomic mass is 16.1. The van der Waals surface area contributed by atoms with Crippen LogP contribution < -0.4 is 10.6 Å². The van der Waals surface area contributed by atoms with Crippen molar-refractivity contribution in [1.29, 1.82) is 0 Å². The van der Waals surface area contributed by atoms with Crippen molar-refractivity contribution in [2.75, 3.05) is 10.6 Å². The van der Waals surface area contributed by atoms with Crippen LogP contribution in [0.15, 0.2) is 66.7 Å². The van der Waals surface area contributed by atoms with E-state index in [0.717, 1.165) is 16.9 Å². The number of carbonyl (C=O) groups excluding carboxylic acids is 1. The molecule has 0 aliphatic rings. The maximum absolute atomic E-state index is 12.1. The Labute approximate surface area is 134 Å². The number of nitrogens with one attached hydrogen (secondary N) is 2. The molecule has 0 aliphatic heterocycles. The van der Waals surface area contributed by atoms with E-state index < -0.39 is 0 Å². The molecule has 0 aliphatic carbocycles. The quantitative estimate of drug-likeness (QED) is 0.769. The zero-order valence-corrected chi connectivity index (χ0v) is 12.7. The van der Waals surface area contributed by atoms with E-state index in [2.05, 4.69) is 20.8 Å². The zero-order valence-electron chi connectivity index (χ0n) is 12.7. The van der Waals surface area contributed by atoms with Gasteiger partial charge in [-0.05, 0) is 43.3 Å². The van der Waals surface area contributed by atoms with Gasteiger partial charge in [0.1, 0.15) is 0 Å². The zero-order chi connectivity index (χ0) is 16.1. The standard InChI is InChI=1S/C18H16N4O/c1-13-7-9-15(10-8-13)20-18(23)16-11-12-17(22-21-16)19-14-5-3-2-4-6-14/h2-12H,1H3,(H,19,22)(H,20,23). The molecule has 0 unspecified atom stereocenters. The van der Waals surface area contributed by atoms with Gasteiger partial charge in [-0.25, -0.2) is 0 Å². The molecule has 0 saturated carbocycles. The number of amides is 1. The summed E-state index contributed by atoms with van der Waals surface area (Å²) < 4.78 is 0. The van der Waals surface area contributed by atoms with Crippen molar-refractivity contribution in [2.45, 2.75) is 6.92 Å². The van der Waals surface area contributed by atoms with E-state index in [0.29, 0.717) is 5.82 Å². The van der Waals surface area contributed by atoms with E-state index in [1.807, 2.05) is 61.5 Å². The van der Waals surface area contributed by atoms with Crippen LogP contribution in [-0.2, 0) is 0 Å². The summed E-state index contributed by atoms with van der Waals surface area (Å²) in [5.41, 5.74) is 3.05. The van der Waals surface area contributed by atoms with E-state index in [1.165, 1.54) is 0 Å². The van der Waals surface area contributed by atoms with Crippen LogP contribution in [0, 0.1) is 6.92 Å². The first-order chi connectivity index (χ1) is 11.2. The van der Waals surface area contributed by atoms with Crippen molar-refractivity contribution in [1.82, 2.24) is 10.2 Å². The van der Waals surface area contributed by atoms with Crippen molar-refractivity contribution >= 4 is 23.1 Å². The summed E-state index contributed by atoms with van der Waals surface area (Å²) in [6, 6.07) is 20.6. The Morgan fingerprint density at radius 1 is 0.826 bits per heavy atom. The Kier molecular flexibility index (Phi) is 4.29. The number of benzene rings is 2. The van der Waals surface area contributed by atoms with Crippen molar-refractivity contribution in [2.24, 2.45) is 0 Å². The highest BCUT2D eigenvalue weighted by molar-refractivity contribution is 6.02. The summed E-state index contributed by atoms with van der Waals surface area (Å²) in [6.45, 7) is 2.00. The first kappa shape index (κ1) is 14.7. The fraction of sp³-hybridized carbons (Fsp3) is 0.0556. The molecular formula is C18H16N4O. The number of aryl methyl sites for hydroxylation is 1. The lowest BCUT2D eigenvalue weighted by Crippen LogP contribution is -2.14. The van der Waals surface area contributed by atoms with E-state index in [4.69, 9.17) is 0 Å². The predicted octanol–water partition coefficient (Wildman–Crippen LogP) is 3.78. The van der Waals surface area contributed by atoms with Gasteiger partial charge < -0.3 is 10.6 Å². The number of aromatic nitrogens is 2. The second-order valence-electron chi connectivity index (χ2n) is 5.11. The van der Waals surface area contributed by atoms with E-state index in [1.54, 1.807) is 12.1 Å². The molecule has 2 aromatic carbocycles. The lowest BCUT2D eigenvalue weighted by Gasteiger charge is -2.06. The Morgan fingerprint density at radius 2 is 1.57 bits per heavy atom. The molecule has 0 atom stereocenters. The maximum atomic E-state index is 12.1. The lowest BCUT2D eigenvalue weighted by atomic mass is 10.2. The Bertz CT molecular complexity index is 784. The molecule has 1 heterocycles. The largest absolute Gasteiger partial charge is 0.339 e. The second-order valence-corrected chi connectivity index (χ2v) is 5.11. The van der Waals surface area contributed by atoms with Gasteiger partial charge in [0.15, 0.2) is 11.5 Å². The molecule has 0 bridgehead atoms. The number of anilines is 3. The first-order valence-electron chi connectivity index (χ1n) is 7.24. The van der Waals surface area contributed by atoms with E-state index in [9.17, 15) is 4.79 Å². The Hall–Kier alpha value is -3.21. The van der Waals surface area contributed by atoms with E-state index >= 15 is 0 Å². The minimum Gasteiger partial charge on any atom is -0.339 e. The molecule has 0 saturated heterocycles. The van der Waals surface area contributed by atoms with Crippen LogP contribution in [0.4, 0.5) is 17.2 Å². The molecule has 3 rings (SSSR count). The highest BCUT2D eigenvalue weighted by Gasteiger charge is 2.08. The van der Waals surface area contributed by atoms with Gasteiger partial charge in [-0.2, -0.15) is 0 Å². The van der Waals surface area contributed by atoms with Gasteiger partial charge in [0.25, 0.3) is 5.91 Å². The molecule has 114 valence electrons. The van der Waals surface area contributed by atoms with Gasteiger partial charge in [-0.15, -0.1) is 10.2 Å². The third kappa shape index (κ3) is 3.91. The summed E-state index contributed by atoms with van der Waals surface area (Å²) in [5, 5.41) is 13.9. The van der Waals surface area contributed by atoms with Gasteiger partial charge >= 0.3 is 0 Å². The van der Waals surface area contributed by atoms with Crippen LogP contribution in [0.25, 0.3) is 0 Å². The second kappa shape index (κ2) is 6.70. The molecule has 1 amide bonds. The molecular weight excluding hydrogens is 288 g/mol. The summed E-state index contributed by atoms with van der Waals surface area (Å²) >= 11 is 0. The van der Waals surface area contributed by atoms with Crippen LogP contribution >= 0.6 is 0 Å². The molecule has 23 heavy (non-hydrogen) atoms. The molecule has 1 aromatic heterocycles. The van der Waals surface area contributed by atoms with Gasteiger partial charge in [0, 0.05) is 11.4 Å². The predicted molar refractivity (Wildman–Crippen MR) is 90.9 cm³/mol. The topological polar surface area (TPSA) is 66.9 Å². The summed E-state index contributed by atoms with van der Waals surface area (Å²) in [7, 11) is 0. The molecule has 5 heteroatoms. The molecule has 0 spiro atoms. The highest BCUT2D eigenvalue weighted by Crippen LogP contribution is 2.14. The normalized spacial score (nSPS) is 10.1. The smallest absolute Gasteiger partial charge is 0.276 e. The Morgan fingerprint density at radius 3 is 2.22 bits per heavy atom. The molecule has 2 N–H and O–H groups in total. The van der Waals surface area contributed by atoms with Crippen LogP contribution in [0.2, 0.25) is 0 Å². The number of hydrogen-bond acceptors (Lipinski definition) is 4. The minimum atomic E-state index is -0.285. The minimum absolute atomic E-state index is 0.268. The number of carbonyl (C=O) groups is 1. The van der Waals surface area contributed by atoms with Gasteiger partial charge in [0.05, 0.1) is 0 Å². The monoisotopic (exact) mass is 304 g/mol. The number of para-hydroxylation sites is 1. The lowest BCUT2D eigenvalue weighted by molar-refractivity contribution is 0.102. The average Bonchev–Trinajstić information content (AvgIpc) is 2.58. The summed E-state index contributed by atoms with van der Waals surface area (Å²) in [6.07, 6.45) is 0. The molecule has 5 nitrogen and oxygen atoms in total. The Balaban J connectivity index is 1.66. The third-order valence-corrected chi connectivity index (χ3v) is 3.25. The van der Waals surface area contributed by atoms with Crippen LogP contribution in [0.1, 0.15) is 16.1 Å². The fourth-order valence-electron chi connectivity index (χ4n) is 2.02. The average molecular weight is 304 g/mol. The van der Waals surface area contributed by atoms with Crippen LogP contribution in [-0.4, -0.2) is 16.1 Å². The molecule has 0 radical (unpaired) electrons. The van der Waals surface area contributed by atoms with Gasteiger partial charge in [-0.3, -0.25) is 4.79 Å². The molecule has 0 fully saturated rings. The number of hydrogen-bond donors (Lipinski definition) is 2. The van der Waals surface area contributed by atoms with E-state index in [-0.39, 0.29) is 11.6 Å². The fourth-order valence-corrected chi connectivity index (χ4v) is 2.02.